The molecule has 17 heteroatoms. The van der Waals surface area contributed by atoms with E-state index >= 15 is 0 Å². The van der Waals surface area contributed by atoms with E-state index in [9.17, 15) is 29.8 Å². The van der Waals surface area contributed by atoms with Gasteiger partial charge in [-0.15, -0.1) is 4.33 Å². The Balaban J connectivity index is 1.15. The molecule has 0 aliphatic carbocycles. The molecule has 0 aromatic heterocycles. The molecule has 0 amide bonds. The summed E-state index contributed by atoms with van der Waals surface area (Å²) in [4.78, 5) is -1.03. The first kappa shape index (κ1) is 39.5. The van der Waals surface area contributed by atoms with Crippen LogP contribution >= 0.6 is 12.0 Å². The number of rotatable bonds is 14. The second-order valence-electron chi connectivity index (χ2n) is 11.7. The van der Waals surface area contributed by atoms with Gasteiger partial charge in [-0.2, -0.15) is 8.42 Å². The van der Waals surface area contributed by atoms with E-state index in [1.165, 1.54) is 37.4 Å². The van der Waals surface area contributed by atoms with E-state index in [0.717, 1.165) is 34.9 Å². The SMILES string of the molecule is COc1ccc(S(=O)(=O)c2ccc(Oc3ccc(-c4ccc(Oc5ccc(S(=O)(=O)c6ccc(C)cc6)cc5)cc4)cc3)c(SOOO)c2)cc1S(=O)(=O)O. The van der Waals surface area contributed by atoms with E-state index in [2.05, 4.69) is 9.37 Å². The molecular formula is C38H30O13S4. The Labute approximate surface area is 321 Å². The average Bonchev–Trinajstić information content (AvgIpc) is 3.18. The van der Waals surface area contributed by atoms with E-state index in [1.807, 2.05) is 19.1 Å². The number of sulfone groups is 2. The quantitative estimate of drug-likeness (QED) is 0.0460. The average molecular weight is 823 g/mol. The highest BCUT2D eigenvalue weighted by atomic mass is 32.2. The van der Waals surface area contributed by atoms with Crippen LogP contribution in [0.2, 0.25) is 0 Å². The Bertz CT molecular complexity index is 2650. The topological polar surface area (TPSA) is 189 Å². The molecule has 2 N–H and O–H groups in total. The Morgan fingerprint density at radius 2 is 0.964 bits per heavy atom. The first-order chi connectivity index (χ1) is 26.2. The minimum absolute atomic E-state index is 0.0702. The van der Waals surface area contributed by atoms with Gasteiger partial charge in [0.05, 0.1) is 43.6 Å². The lowest BCUT2D eigenvalue weighted by Crippen LogP contribution is -2.07. The van der Waals surface area contributed by atoms with Gasteiger partial charge >= 0.3 is 0 Å². The van der Waals surface area contributed by atoms with Gasteiger partial charge in [0.1, 0.15) is 33.6 Å². The Morgan fingerprint density at radius 3 is 1.47 bits per heavy atom. The van der Waals surface area contributed by atoms with Gasteiger partial charge in [0.2, 0.25) is 19.7 Å². The molecule has 0 spiro atoms. The predicted molar refractivity (Wildman–Crippen MR) is 200 cm³/mol. The summed E-state index contributed by atoms with van der Waals surface area (Å²) in [6, 6.07) is 33.8. The Kier molecular flexibility index (Phi) is 11.6. The van der Waals surface area contributed by atoms with Crippen molar-refractivity contribution in [2.24, 2.45) is 0 Å². The summed E-state index contributed by atoms with van der Waals surface area (Å²) in [5.74, 6) is 1.24. The van der Waals surface area contributed by atoms with Crippen molar-refractivity contribution in [2.75, 3.05) is 7.11 Å². The molecule has 0 fully saturated rings. The van der Waals surface area contributed by atoms with Crippen LogP contribution in [0.15, 0.2) is 163 Å². The lowest BCUT2D eigenvalue weighted by molar-refractivity contribution is -0.432. The van der Waals surface area contributed by atoms with Crippen LogP contribution in [0.5, 0.6) is 28.7 Å². The maximum atomic E-state index is 13.5. The third kappa shape index (κ3) is 9.01. The molecule has 6 aromatic rings. The number of benzene rings is 6. The van der Waals surface area contributed by atoms with Gasteiger partial charge in [-0.1, -0.05) is 47.0 Å². The van der Waals surface area contributed by atoms with Crippen molar-refractivity contribution in [3.8, 4) is 39.9 Å². The fourth-order valence-corrected chi connectivity index (χ4v) is 9.13. The van der Waals surface area contributed by atoms with Gasteiger partial charge in [-0.25, -0.2) is 22.1 Å². The van der Waals surface area contributed by atoms with E-state index in [1.54, 1.807) is 72.8 Å². The molecule has 0 radical (unpaired) electrons. The molecule has 284 valence electrons. The molecule has 0 atom stereocenters. The molecule has 0 bridgehead atoms. The van der Waals surface area contributed by atoms with Crippen LogP contribution in [0.25, 0.3) is 11.1 Å². The van der Waals surface area contributed by atoms with Crippen molar-refractivity contribution in [3.05, 3.63) is 139 Å². The maximum absolute atomic E-state index is 13.5. The highest BCUT2D eigenvalue weighted by Crippen LogP contribution is 2.38. The fraction of sp³-hybridized carbons (Fsp3) is 0.0526. The normalized spacial score (nSPS) is 11.9. The van der Waals surface area contributed by atoms with Crippen LogP contribution in [0.1, 0.15) is 5.56 Å². The molecule has 0 saturated carbocycles. The molecule has 6 rings (SSSR count). The van der Waals surface area contributed by atoms with Crippen molar-refractivity contribution in [3.63, 3.8) is 0 Å². The molecule has 55 heavy (non-hydrogen) atoms. The molecule has 0 heterocycles. The minimum Gasteiger partial charge on any atom is -0.495 e. The van der Waals surface area contributed by atoms with Gasteiger partial charge in [0, 0.05) is 0 Å². The smallest absolute Gasteiger partial charge is 0.298 e. The van der Waals surface area contributed by atoms with Crippen molar-refractivity contribution < 1.29 is 58.6 Å². The van der Waals surface area contributed by atoms with Gasteiger partial charge in [0.15, 0.2) is 0 Å². The minimum atomic E-state index is -4.82. The molecule has 0 aliphatic heterocycles. The van der Waals surface area contributed by atoms with E-state index < -0.39 is 39.6 Å². The van der Waals surface area contributed by atoms with Crippen LogP contribution in [0.4, 0.5) is 0 Å². The monoisotopic (exact) mass is 822 g/mol. The standard InChI is InChI=1S/C38H30O13S4/c1-25-3-15-31(16-4-25)53(40,41)32-17-13-29(14-18-32)48-28-9-5-26(6-10-28)27-7-11-30(12-8-27)49-35-21-19-33(23-37(35)52-51-50-39)54(42,43)34-20-22-36(47-2)38(24-34)55(44,45)46/h3-24,39H,1-2H3,(H,44,45,46). The molecule has 6 aromatic carbocycles. The number of ether oxygens (including phenoxy) is 3. The Hall–Kier alpha value is -5.24. The number of hydrogen-bond acceptors (Lipinski definition) is 13. The first-order valence-corrected chi connectivity index (χ1v) is 21.0. The van der Waals surface area contributed by atoms with Crippen molar-refractivity contribution >= 4 is 41.8 Å². The second kappa shape index (κ2) is 16.2. The van der Waals surface area contributed by atoms with Crippen LogP contribution < -0.4 is 14.2 Å². The lowest BCUT2D eigenvalue weighted by Gasteiger charge is -2.13. The van der Waals surface area contributed by atoms with Crippen molar-refractivity contribution in [1.29, 1.82) is 0 Å². The van der Waals surface area contributed by atoms with Crippen molar-refractivity contribution in [2.45, 2.75) is 36.3 Å². The van der Waals surface area contributed by atoms with Crippen molar-refractivity contribution in [1.82, 2.24) is 0 Å². The molecular weight excluding hydrogens is 793 g/mol. The summed E-state index contributed by atoms with van der Waals surface area (Å²) in [6.45, 7) is 1.89. The van der Waals surface area contributed by atoms with Crippen LogP contribution in [0, 0.1) is 6.92 Å². The molecule has 0 aliphatic rings. The third-order valence-electron chi connectivity index (χ3n) is 8.07. The van der Waals surface area contributed by atoms with Crippen LogP contribution in [-0.2, 0) is 39.2 Å². The predicted octanol–water partition coefficient (Wildman–Crippen LogP) is 8.60. The molecule has 0 saturated heterocycles. The summed E-state index contributed by atoms with van der Waals surface area (Å²) in [7, 11) is -11.7. The largest absolute Gasteiger partial charge is 0.495 e. The number of aryl methyl sites for hydroxylation is 1. The van der Waals surface area contributed by atoms with Gasteiger partial charge in [-0.05, 0) is 115 Å². The fourth-order valence-electron chi connectivity index (χ4n) is 5.25. The summed E-state index contributed by atoms with van der Waals surface area (Å²) in [5.41, 5.74) is 2.65. The highest BCUT2D eigenvalue weighted by Gasteiger charge is 2.25. The van der Waals surface area contributed by atoms with Crippen LogP contribution in [0.3, 0.4) is 0 Å². The zero-order chi connectivity index (χ0) is 39.4. The highest BCUT2D eigenvalue weighted by molar-refractivity contribution is 7.95. The summed E-state index contributed by atoms with van der Waals surface area (Å²) in [5, 5.41) is 12.5. The summed E-state index contributed by atoms with van der Waals surface area (Å²) in [6.07, 6.45) is 0. The first-order valence-electron chi connectivity index (χ1n) is 15.9. The van der Waals surface area contributed by atoms with Crippen LogP contribution in [-0.4, -0.2) is 42.2 Å². The lowest BCUT2D eigenvalue weighted by atomic mass is 10.1. The zero-order valence-corrected chi connectivity index (χ0v) is 32.0. The Morgan fingerprint density at radius 1 is 0.527 bits per heavy atom. The van der Waals surface area contributed by atoms with Gasteiger partial charge in [0.25, 0.3) is 10.1 Å². The molecule has 13 nitrogen and oxygen atoms in total. The maximum Gasteiger partial charge on any atom is 0.298 e. The van der Waals surface area contributed by atoms with Gasteiger partial charge < -0.3 is 14.2 Å². The number of hydrogen-bond donors (Lipinski definition) is 2. The van der Waals surface area contributed by atoms with E-state index in [-0.39, 0.29) is 31.1 Å². The third-order valence-corrected chi connectivity index (χ3v) is 13.1. The van der Waals surface area contributed by atoms with Gasteiger partial charge in [-0.3, -0.25) is 4.55 Å². The summed E-state index contributed by atoms with van der Waals surface area (Å²) >= 11 is 0.452. The number of methoxy groups -OCH3 is 1. The van der Waals surface area contributed by atoms with E-state index in [4.69, 9.17) is 19.5 Å². The second-order valence-corrected chi connectivity index (χ2v) is 17.7. The molecule has 0 unspecified atom stereocenters. The van der Waals surface area contributed by atoms with E-state index in [0.29, 0.717) is 29.3 Å². The zero-order valence-electron chi connectivity index (χ0n) is 28.7. The summed E-state index contributed by atoms with van der Waals surface area (Å²) < 4.78 is 108.